The molecule has 1 aliphatic rings. The molecule has 1 saturated heterocycles. The Morgan fingerprint density at radius 3 is 2.50 bits per heavy atom. The third-order valence-corrected chi connectivity index (χ3v) is 4.32. The number of hydrogen-bond donors (Lipinski definition) is 1. The lowest BCUT2D eigenvalue weighted by molar-refractivity contribution is 0.0662. The molecule has 6 heteroatoms. The Labute approximate surface area is 147 Å². The largest absolute Gasteiger partial charge is 0.491 e. The molecule has 1 N–H and O–H groups in total. The smallest absolute Gasteiger partial charge is 0.128 e. The number of anilines is 1. The molecule has 1 aromatic heterocycles. The number of aliphatic hydroxyl groups is 1. The standard InChI is InChI=1S/C18H22ClN3O2/c19-15-4-6-17(7-5-15)24-14-16(23)13-21-9-11-22(12-10-21)18-3-1-2-8-20-18/h1-8,16,23H,9-14H2/t16-/m1/s1. The molecule has 5 nitrogen and oxygen atoms in total. The van der Waals surface area contributed by atoms with Gasteiger partial charge in [0.1, 0.15) is 24.3 Å². The first-order chi connectivity index (χ1) is 11.7. The SMILES string of the molecule is O[C@@H](COc1ccc(Cl)cc1)CN1CCN(c2ccccn2)CC1. The maximum atomic E-state index is 10.2. The summed E-state index contributed by atoms with van der Waals surface area (Å²) in [7, 11) is 0. The van der Waals surface area contributed by atoms with Crippen LogP contribution in [0.1, 0.15) is 0 Å². The number of hydrogen-bond acceptors (Lipinski definition) is 5. The molecule has 24 heavy (non-hydrogen) atoms. The van der Waals surface area contributed by atoms with Crippen LogP contribution in [0.25, 0.3) is 0 Å². The van der Waals surface area contributed by atoms with Gasteiger partial charge in [0.2, 0.25) is 0 Å². The van der Waals surface area contributed by atoms with Crippen LogP contribution in [-0.2, 0) is 0 Å². The third kappa shape index (κ3) is 4.84. The van der Waals surface area contributed by atoms with Crippen LogP contribution in [0.15, 0.2) is 48.7 Å². The lowest BCUT2D eigenvalue weighted by atomic mass is 10.2. The highest BCUT2D eigenvalue weighted by Gasteiger charge is 2.20. The number of piperazine rings is 1. The molecule has 0 amide bonds. The molecule has 0 aliphatic carbocycles. The number of ether oxygens (including phenoxy) is 1. The van der Waals surface area contributed by atoms with Crippen LogP contribution in [0, 0.1) is 0 Å². The van der Waals surface area contributed by atoms with Gasteiger partial charge in [0, 0.05) is 43.9 Å². The Morgan fingerprint density at radius 1 is 1.08 bits per heavy atom. The summed E-state index contributed by atoms with van der Waals surface area (Å²) in [6.45, 7) is 4.55. The van der Waals surface area contributed by atoms with Crippen LogP contribution in [0.3, 0.4) is 0 Å². The van der Waals surface area contributed by atoms with Crippen molar-refractivity contribution in [3.8, 4) is 5.75 Å². The molecule has 1 aromatic carbocycles. The van der Waals surface area contributed by atoms with E-state index in [0.29, 0.717) is 11.6 Å². The lowest BCUT2D eigenvalue weighted by Gasteiger charge is -2.36. The maximum absolute atomic E-state index is 10.2. The summed E-state index contributed by atoms with van der Waals surface area (Å²) in [4.78, 5) is 8.92. The molecule has 0 bridgehead atoms. The molecule has 0 saturated carbocycles. The minimum absolute atomic E-state index is 0.280. The minimum Gasteiger partial charge on any atom is -0.491 e. The summed E-state index contributed by atoms with van der Waals surface area (Å²) >= 11 is 5.84. The molecule has 2 aromatic rings. The lowest BCUT2D eigenvalue weighted by Crippen LogP contribution is -2.49. The van der Waals surface area contributed by atoms with E-state index in [2.05, 4.69) is 14.8 Å². The van der Waals surface area contributed by atoms with E-state index in [1.54, 1.807) is 24.3 Å². The van der Waals surface area contributed by atoms with Gasteiger partial charge in [-0.1, -0.05) is 17.7 Å². The topological polar surface area (TPSA) is 48.8 Å². The number of aromatic nitrogens is 1. The fourth-order valence-electron chi connectivity index (χ4n) is 2.77. The molecule has 128 valence electrons. The third-order valence-electron chi connectivity index (χ3n) is 4.07. The van der Waals surface area contributed by atoms with Crippen molar-refractivity contribution in [1.82, 2.24) is 9.88 Å². The highest BCUT2D eigenvalue weighted by atomic mass is 35.5. The molecular formula is C18H22ClN3O2. The van der Waals surface area contributed by atoms with Crippen LogP contribution in [0.5, 0.6) is 5.75 Å². The van der Waals surface area contributed by atoms with E-state index in [1.165, 1.54) is 0 Å². The van der Waals surface area contributed by atoms with E-state index >= 15 is 0 Å². The average molecular weight is 348 g/mol. The van der Waals surface area contributed by atoms with Gasteiger partial charge in [0.25, 0.3) is 0 Å². The summed E-state index contributed by atoms with van der Waals surface area (Å²) in [6.07, 6.45) is 1.31. The number of aliphatic hydroxyl groups excluding tert-OH is 1. The number of β-amino-alcohol motifs (C(OH)–C–C–N with tert-alkyl or cyclic N) is 1. The van der Waals surface area contributed by atoms with E-state index in [-0.39, 0.29) is 6.61 Å². The van der Waals surface area contributed by atoms with Crippen molar-refractivity contribution in [3.63, 3.8) is 0 Å². The van der Waals surface area contributed by atoms with Crippen LogP contribution in [0.2, 0.25) is 5.02 Å². The number of rotatable bonds is 6. The van der Waals surface area contributed by atoms with Gasteiger partial charge in [-0.15, -0.1) is 0 Å². The van der Waals surface area contributed by atoms with Gasteiger partial charge in [0.15, 0.2) is 0 Å². The summed E-state index contributed by atoms with van der Waals surface area (Å²) in [6, 6.07) is 13.1. The zero-order valence-corrected chi connectivity index (χ0v) is 14.3. The summed E-state index contributed by atoms with van der Waals surface area (Å²) in [5, 5.41) is 10.9. The molecule has 1 atom stereocenters. The Bertz CT molecular complexity index is 616. The first kappa shape index (κ1) is 17.0. The van der Waals surface area contributed by atoms with Crippen molar-refractivity contribution >= 4 is 17.4 Å². The van der Waals surface area contributed by atoms with E-state index in [0.717, 1.165) is 37.7 Å². The first-order valence-corrected chi connectivity index (χ1v) is 8.53. The van der Waals surface area contributed by atoms with E-state index in [4.69, 9.17) is 16.3 Å². The molecular weight excluding hydrogens is 326 g/mol. The van der Waals surface area contributed by atoms with E-state index < -0.39 is 6.10 Å². The fourth-order valence-corrected chi connectivity index (χ4v) is 2.90. The van der Waals surface area contributed by atoms with Gasteiger partial charge in [-0.25, -0.2) is 4.98 Å². The normalized spacial score (nSPS) is 16.8. The zero-order valence-electron chi connectivity index (χ0n) is 13.5. The Hall–Kier alpha value is -1.82. The van der Waals surface area contributed by atoms with Crippen LogP contribution in [0.4, 0.5) is 5.82 Å². The van der Waals surface area contributed by atoms with Gasteiger partial charge in [-0.05, 0) is 36.4 Å². The molecule has 3 rings (SSSR count). The summed E-state index contributed by atoms with van der Waals surface area (Å²) in [5.41, 5.74) is 0. The predicted molar refractivity (Wildman–Crippen MR) is 95.8 cm³/mol. The number of halogens is 1. The molecule has 1 fully saturated rings. The van der Waals surface area contributed by atoms with E-state index in [9.17, 15) is 5.11 Å². The maximum Gasteiger partial charge on any atom is 0.128 e. The van der Waals surface area contributed by atoms with E-state index in [1.807, 2.05) is 24.4 Å². The van der Waals surface area contributed by atoms with Crippen LogP contribution < -0.4 is 9.64 Å². The second-order valence-electron chi connectivity index (χ2n) is 5.89. The van der Waals surface area contributed by atoms with Gasteiger partial charge in [-0.2, -0.15) is 0 Å². The minimum atomic E-state index is -0.512. The number of benzene rings is 1. The monoisotopic (exact) mass is 347 g/mol. The second-order valence-corrected chi connectivity index (χ2v) is 6.33. The molecule has 0 radical (unpaired) electrons. The van der Waals surface area contributed by atoms with Crippen molar-refractivity contribution in [2.75, 3.05) is 44.2 Å². The number of pyridine rings is 1. The van der Waals surface area contributed by atoms with Gasteiger partial charge < -0.3 is 14.7 Å². The molecule has 1 aliphatic heterocycles. The summed E-state index contributed by atoms with van der Waals surface area (Å²) < 4.78 is 5.60. The Morgan fingerprint density at radius 2 is 1.83 bits per heavy atom. The second kappa shape index (κ2) is 8.33. The quantitative estimate of drug-likeness (QED) is 0.869. The van der Waals surface area contributed by atoms with Gasteiger partial charge >= 0.3 is 0 Å². The summed E-state index contributed by atoms with van der Waals surface area (Å²) in [5.74, 6) is 1.74. The number of nitrogens with zero attached hydrogens (tertiary/aromatic N) is 3. The Kier molecular flexibility index (Phi) is 5.91. The van der Waals surface area contributed by atoms with Gasteiger partial charge in [0.05, 0.1) is 0 Å². The fraction of sp³-hybridized carbons (Fsp3) is 0.389. The highest BCUT2D eigenvalue weighted by Crippen LogP contribution is 2.16. The predicted octanol–water partition coefficient (Wildman–Crippen LogP) is 2.30. The van der Waals surface area contributed by atoms with Crippen molar-refractivity contribution in [1.29, 1.82) is 0 Å². The highest BCUT2D eigenvalue weighted by molar-refractivity contribution is 6.30. The molecule has 0 unspecified atom stereocenters. The van der Waals surface area contributed by atoms with Crippen LogP contribution in [-0.4, -0.2) is 60.4 Å². The molecule has 0 spiro atoms. The zero-order chi connectivity index (χ0) is 16.8. The first-order valence-electron chi connectivity index (χ1n) is 8.15. The Balaban J connectivity index is 1.40. The van der Waals surface area contributed by atoms with Crippen molar-refractivity contribution in [2.24, 2.45) is 0 Å². The van der Waals surface area contributed by atoms with Crippen molar-refractivity contribution in [3.05, 3.63) is 53.7 Å². The average Bonchev–Trinajstić information content (AvgIpc) is 2.63. The van der Waals surface area contributed by atoms with Crippen molar-refractivity contribution in [2.45, 2.75) is 6.10 Å². The van der Waals surface area contributed by atoms with Crippen molar-refractivity contribution < 1.29 is 9.84 Å². The van der Waals surface area contributed by atoms with Crippen LogP contribution >= 0.6 is 11.6 Å². The molecule has 2 heterocycles. The van der Waals surface area contributed by atoms with Gasteiger partial charge in [-0.3, -0.25) is 4.90 Å².